The summed E-state index contributed by atoms with van der Waals surface area (Å²) in [7, 11) is 0. The highest BCUT2D eigenvalue weighted by Crippen LogP contribution is 2.24. The Kier molecular flexibility index (Phi) is 6.50. The van der Waals surface area contributed by atoms with E-state index < -0.39 is 18.1 Å². The number of nitrogens with zero attached hydrogens (tertiary/aromatic N) is 1. The molecule has 1 fully saturated rings. The lowest BCUT2D eigenvalue weighted by Gasteiger charge is -2.32. The molecule has 1 aliphatic heterocycles. The quantitative estimate of drug-likeness (QED) is 0.691. The highest BCUT2D eigenvalue weighted by atomic mass is 19.3. The van der Waals surface area contributed by atoms with Gasteiger partial charge in [-0.15, -0.1) is 0 Å². The Morgan fingerprint density at radius 2 is 2.12 bits per heavy atom. The largest absolute Gasteiger partial charge is 0.446 e. The molecular formula is C18H24F2N2O3. The van der Waals surface area contributed by atoms with Crippen LogP contribution in [0.5, 0.6) is 0 Å². The van der Waals surface area contributed by atoms with E-state index in [9.17, 15) is 13.6 Å². The number of carbonyl (C=O) groups excluding carboxylic acids is 1. The Bertz CT molecular complexity index is 581. The number of nitrogens with one attached hydrogen (secondary N) is 1. The Morgan fingerprint density at radius 3 is 2.72 bits per heavy atom. The first kappa shape index (κ1) is 19.3. The van der Waals surface area contributed by atoms with E-state index in [1.807, 2.05) is 44.2 Å². The third kappa shape index (κ3) is 4.99. The standard InChI is InChI=1S/C18H24F2N2O3/c1-4-18(19,20)16(12-24-10-14-8-6-5-7-9-14)21-22-15(13(2)3)11-25-17(22)23/h4-9,13,15-16,21H,1,10-12H2,2-3H3/t15-,16-/m1/s1. The molecule has 7 heteroatoms. The van der Waals surface area contributed by atoms with Crippen molar-refractivity contribution in [1.29, 1.82) is 0 Å². The second-order valence-corrected chi connectivity index (χ2v) is 6.32. The lowest BCUT2D eigenvalue weighted by Crippen LogP contribution is -2.58. The molecule has 1 N–H and O–H groups in total. The van der Waals surface area contributed by atoms with E-state index in [-0.39, 0.29) is 31.8 Å². The van der Waals surface area contributed by atoms with Crippen LogP contribution in [0, 0.1) is 5.92 Å². The van der Waals surface area contributed by atoms with Crippen molar-refractivity contribution in [2.75, 3.05) is 13.2 Å². The highest BCUT2D eigenvalue weighted by Gasteiger charge is 2.43. The molecular weight excluding hydrogens is 330 g/mol. The van der Waals surface area contributed by atoms with Crippen LogP contribution in [0.25, 0.3) is 0 Å². The van der Waals surface area contributed by atoms with E-state index in [0.29, 0.717) is 6.08 Å². The summed E-state index contributed by atoms with van der Waals surface area (Å²) in [6.07, 6.45) is -0.103. The van der Waals surface area contributed by atoms with Crippen molar-refractivity contribution < 1.29 is 23.0 Å². The summed E-state index contributed by atoms with van der Waals surface area (Å²) in [4.78, 5) is 11.9. The van der Waals surface area contributed by atoms with Gasteiger partial charge in [-0.2, -0.15) is 0 Å². The molecule has 1 saturated heterocycles. The predicted molar refractivity (Wildman–Crippen MR) is 90.0 cm³/mol. The molecule has 0 unspecified atom stereocenters. The number of alkyl halides is 2. The zero-order chi connectivity index (χ0) is 18.4. The minimum Gasteiger partial charge on any atom is -0.446 e. The molecule has 5 nitrogen and oxygen atoms in total. The van der Waals surface area contributed by atoms with Crippen LogP contribution in [0.3, 0.4) is 0 Å². The molecule has 1 amide bonds. The molecule has 1 heterocycles. The Hall–Kier alpha value is -1.99. The van der Waals surface area contributed by atoms with Gasteiger partial charge in [0.25, 0.3) is 5.92 Å². The molecule has 2 atom stereocenters. The van der Waals surface area contributed by atoms with E-state index in [1.54, 1.807) is 0 Å². The highest BCUT2D eigenvalue weighted by molar-refractivity contribution is 5.69. The fourth-order valence-corrected chi connectivity index (χ4v) is 2.49. The minimum absolute atomic E-state index is 0.0576. The topological polar surface area (TPSA) is 50.8 Å². The maximum atomic E-state index is 14.2. The fourth-order valence-electron chi connectivity index (χ4n) is 2.49. The van der Waals surface area contributed by atoms with Gasteiger partial charge in [-0.3, -0.25) is 0 Å². The number of hydrazine groups is 1. The molecule has 138 valence electrons. The van der Waals surface area contributed by atoms with Gasteiger partial charge in [0.2, 0.25) is 0 Å². The third-order valence-electron chi connectivity index (χ3n) is 4.10. The Labute approximate surface area is 146 Å². The zero-order valence-corrected chi connectivity index (χ0v) is 14.5. The molecule has 0 saturated carbocycles. The summed E-state index contributed by atoms with van der Waals surface area (Å²) >= 11 is 0. The molecule has 1 aromatic carbocycles. The number of amides is 1. The molecule has 0 radical (unpaired) electrons. The maximum Gasteiger partial charge on any atom is 0.424 e. The third-order valence-corrected chi connectivity index (χ3v) is 4.10. The number of benzene rings is 1. The molecule has 1 aliphatic rings. The predicted octanol–water partition coefficient (Wildman–Crippen LogP) is 3.37. The summed E-state index contributed by atoms with van der Waals surface area (Å²) in [5.41, 5.74) is 3.47. The van der Waals surface area contributed by atoms with Gasteiger partial charge < -0.3 is 9.47 Å². The smallest absolute Gasteiger partial charge is 0.424 e. The van der Waals surface area contributed by atoms with Crippen LogP contribution < -0.4 is 5.43 Å². The first-order valence-corrected chi connectivity index (χ1v) is 8.20. The number of hydrogen-bond acceptors (Lipinski definition) is 4. The number of cyclic esters (lactones) is 1. The maximum absolute atomic E-state index is 14.2. The first-order valence-electron chi connectivity index (χ1n) is 8.20. The van der Waals surface area contributed by atoms with Crippen LogP contribution in [0.2, 0.25) is 0 Å². The number of ether oxygens (including phenoxy) is 2. The van der Waals surface area contributed by atoms with Gasteiger partial charge in [0, 0.05) is 0 Å². The van der Waals surface area contributed by atoms with Gasteiger partial charge in [0.15, 0.2) is 0 Å². The number of carbonyl (C=O) groups is 1. The van der Waals surface area contributed by atoms with Crippen LogP contribution in [0.1, 0.15) is 19.4 Å². The molecule has 0 aliphatic carbocycles. The van der Waals surface area contributed by atoms with Crippen molar-refractivity contribution in [2.24, 2.45) is 5.92 Å². The van der Waals surface area contributed by atoms with Crippen LogP contribution in [0.15, 0.2) is 43.0 Å². The molecule has 0 aromatic heterocycles. The van der Waals surface area contributed by atoms with Crippen LogP contribution in [0.4, 0.5) is 13.6 Å². The van der Waals surface area contributed by atoms with E-state index in [0.717, 1.165) is 10.6 Å². The molecule has 0 spiro atoms. The van der Waals surface area contributed by atoms with Gasteiger partial charge in [0.1, 0.15) is 12.6 Å². The fraction of sp³-hybridized carbons (Fsp3) is 0.500. The molecule has 0 bridgehead atoms. The van der Waals surface area contributed by atoms with E-state index >= 15 is 0 Å². The monoisotopic (exact) mass is 354 g/mol. The second-order valence-electron chi connectivity index (χ2n) is 6.32. The zero-order valence-electron chi connectivity index (χ0n) is 14.5. The van der Waals surface area contributed by atoms with Gasteiger partial charge in [-0.05, 0) is 17.6 Å². The average molecular weight is 354 g/mol. The van der Waals surface area contributed by atoms with Crippen LogP contribution in [-0.2, 0) is 16.1 Å². The number of hydrogen-bond donors (Lipinski definition) is 1. The van der Waals surface area contributed by atoms with E-state index in [1.165, 1.54) is 0 Å². The van der Waals surface area contributed by atoms with Gasteiger partial charge in [-0.25, -0.2) is 24.0 Å². The molecule has 2 rings (SSSR count). The summed E-state index contributed by atoms with van der Waals surface area (Å²) in [5, 5.41) is 1.14. The summed E-state index contributed by atoms with van der Waals surface area (Å²) in [5.74, 6) is -3.19. The van der Waals surface area contributed by atoms with Gasteiger partial charge in [0.05, 0.1) is 19.3 Å². The van der Waals surface area contributed by atoms with E-state index in [4.69, 9.17) is 9.47 Å². The summed E-state index contributed by atoms with van der Waals surface area (Å²) in [6, 6.07) is 7.51. The number of rotatable bonds is 9. The normalized spacial score (nSPS) is 19.2. The summed E-state index contributed by atoms with van der Waals surface area (Å²) in [6.45, 7) is 7.06. The minimum atomic E-state index is -3.25. The average Bonchev–Trinajstić information content (AvgIpc) is 2.96. The Morgan fingerprint density at radius 1 is 1.44 bits per heavy atom. The van der Waals surface area contributed by atoms with Crippen molar-refractivity contribution in [3.8, 4) is 0 Å². The van der Waals surface area contributed by atoms with Gasteiger partial charge in [-0.1, -0.05) is 50.8 Å². The second kappa shape index (κ2) is 8.40. The lowest BCUT2D eigenvalue weighted by molar-refractivity contribution is -0.0539. The van der Waals surface area contributed by atoms with Crippen molar-refractivity contribution in [3.63, 3.8) is 0 Å². The van der Waals surface area contributed by atoms with Crippen molar-refractivity contribution >= 4 is 6.09 Å². The van der Waals surface area contributed by atoms with E-state index in [2.05, 4.69) is 12.0 Å². The molecule has 25 heavy (non-hydrogen) atoms. The first-order chi connectivity index (χ1) is 11.8. The lowest BCUT2D eigenvalue weighted by atomic mass is 10.1. The Balaban J connectivity index is 2.03. The summed E-state index contributed by atoms with van der Waals surface area (Å²) < 4.78 is 38.8. The van der Waals surface area contributed by atoms with Crippen molar-refractivity contribution in [3.05, 3.63) is 48.6 Å². The number of halogens is 2. The van der Waals surface area contributed by atoms with Crippen molar-refractivity contribution in [1.82, 2.24) is 10.4 Å². The van der Waals surface area contributed by atoms with Crippen LogP contribution >= 0.6 is 0 Å². The SMILES string of the molecule is C=CC(F)(F)[C@@H](COCc1ccccc1)NN1C(=O)OC[C@@H]1C(C)C. The van der Waals surface area contributed by atoms with Gasteiger partial charge >= 0.3 is 6.09 Å². The van der Waals surface area contributed by atoms with Crippen molar-refractivity contribution in [2.45, 2.75) is 38.5 Å². The van der Waals surface area contributed by atoms with Crippen LogP contribution in [-0.4, -0.2) is 42.3 Å². The molecule has 1 aromatic rings.